The number of hydrogen-bond donors (Lipinski definition) is 0. The molecule has 7 heteroatoms. The standard InChI is InChI=1S/7C16H17N/c1-9-5-15-14-6-10(2)11(3)12(4)13(14)7-16(15)17-8-9;1-9-5-14-15(17-8-9)7-13-12(4)10(2)6-11(3)16(13)14;1-9-7-10(2)16-13-6-5-11(3)17-15(13)8-14(16)12(9)4;1-9-7-15-13-6-5-10(2)17-16(13)8-14(15)12(4)11(9)3;1-9-5-6-13-14(11(9)3)7-15-16(13)12(4)10(2)8-17-15;1-9-5-6-17-15-8-13-12(4)11(3)10(2)7-14(13)16(9)15;1-9-5-6-17-14-8-13-12(4)10(2)7-11(3)15(13)16(9)14/h2*5-6,8H,7H2,1-4H3;2*5-7H,8H2,1-4H3;5-6,8H,7H2,1-4H3;2*5-7H,8H2,1-4H3. The third-order valence-electron chi connectivity index (χ3n) is 28.2. The van der Waals surface area contributed by atoms with E-state index in [9.17, 15) is 0 Å². The zero-order valence-electron chi connectivity index (χ0n) is 76.2. The van der Waals surface area contributed by atoms with Crippen LogP contribution in [0.1, 0.15) is 235 Å². The van der Waals surface area contributed by atoms with Crippen LogP contribution in [0.3, 0.4) is 0 Å². The Morgan fingerprint density at radius 1 is 0.176 bits per heavy atom. The Bertz CT molecular complexity index is 6590. The van der Waals surface area contributed by atoms with E-state index in [-0.39, 0.29) is 0 Å². The molecule has 21 rings (SSSR count). The van der Waals surface area contributed by atoms with E-state index in [1.54, 1.807) is 0 Å². The summed E-state index contributed by atoms with van der Waals surface area (Å²) >= 11 is 0. The minimum absolute atomic E-state index is 0.998. The second-order valence-electron chi connectivity index (χ2n) is 35.8. The Kier molecular flexibility index (Phi) is 22.5. The largest absolute Gasteiger partial charge is 0.260 e. The Morgan fingerprint density at radius 2 is 0.529 bits per heavy atom. The van der Waals surface area contributed by atoms with E-state index in [1.807, 2.05) is 31.0 Å². The van der Waals surface area contributed by atoms with Crippen LogP contribution in [0.2, 0.25) is 0 Å². The molecule has 14 aromatic rings. The third kappa shape index (κ3) is 15.0. The number of aromatic nitrogens is 7. The van der Waals surface area contributed by atoms with Gasteiger partial charge < -0.3 is 0 Å². The van der Waals surface area contributed by atoms with E-state index >= 15 is 0 Å². The molecule has 0 spiro atoms. The normalized spacial score (nSPS) is 12.5. The van der Waals surface area contributed by atoms with Crippen LogP contribution in [0.15, 0.2) is 128 Å². The monoisotopic (exact) mass is 1560 g/mol. The van der Waals surface area contributed by atoms with Crippen molar-refractivity contribution in [3.63, 3.8) is 0 Å². The molecular formula is C112H119N7. The van der Waals surface area contributed by atoms with E-state index < -0.39 is 0 Å². The summed E-state index contributed by atoms with van der Waals surface area (Å²) in [5.74, 6) is 0. The molecule has 0 saturated heterocycles. The molecule has 0 N–H and O–H groups in total. The number of hydrogen-bond acceptors (Lipinski definition) is 7. The average Bonchev–Trinajstić information content (AvgIpc) is 1.56. The van der Waals surface area contributed by atoms with E-state index in [4.69, 9.17) is 0 Å². The molecule has 0 atom stereocenters. The first kappa shape index (κ1) is 82.7. The van der Waals surface area contributed by atoms with Gasteiger partial charge in [-0.15, -0.1) is 0 Å². The van der Waals surface area contributed by atoms with E-state index in [1.165, 1.54) is 301 Å². The zero-order chi connectivity index (χ0) is 85.1. The number of fused-ring (bicyclic) bond motifs is 21. The lowest BCUT2D eigenvalue weighted by atomic mass is 9.92. The van der Waals surface area contributed by atoms with Gasteiger partial charge in [-0.25, -0.2) is 0 Å². The quantitative estimate of drug-likeness (QED) is 0.149. The summed E-state index contributed by atoms with van der Waals surface area (Å²) in [6, 6.07) is 35.8. The van der Waals surface area contributed by atoms with E-state index in [0.717, 1.165) is 56.3 Å². The molecule has 7 aromatic carbocycles. The second-order valence-corrected chi connectivity index (χ2v) is 35.8. The average molecular weight is 1560 g/mol. The summed E-state index contributed by atoms with van der Waals surface area (Å²) in [5.41, 5.74) is 76.7. The second kappa shape index (κ2) is 32.4. The van der Waals surface area contributed by atoms with Crippen molar-refractivity contribution >= 4 is 0 Å². The van der Waals surface area contributed by atoms with Crippen molar-refractivity contribution in [3.05, 3.63) is 363 Å². The van der Waals surface area contributed by atoms with E-state index in [2.05, 4.69) is 326 Å². The smallest absolute Gasteiger partial charge is 0.0529 e. The summed E-state index contributed by atoms with van der Waals surface area (Å²) in [4.78, 5) is 32.2. The maximum absolute atomic E-state index is 4.68. The van der Waals surface area contributed by atoms with Crippen LogP contribution in [0, 0.1) is 194 Å². The fourth-order valence-corrected chi connectivity index (χ4v) is 19.9. The van der Waals surface area contributed by atoms with Crippen molar-refractivity contribution in [1.29, 1.82) is 0 Å². The molecule has 0 bridgehead atoms. The van der Waals surface area contributed by atoms with Crippen LogP contribution in [-0.2, 0) is 44.9 Å². The van der Waals surface area contributed by atoms with Gasteiger partial charge in [0.15, 0.2) is 0 Å². The molecule has 7 heterocycles. The molecule has 7 aromatic heterocycles. The van der Waals surface area contributed by atoms with Gasteiger partial charge in [0.05, 0.1) is 39.9 Å². The molecule has 0 radical (unpaired) electrons. The predicted molar refractivity (Wildman–Crippen MR) is 500 cm³/mol. The molecule has 0 amide bonds. The molecule has 7 nitrogen and oxygen atoms in total. The first-order valence-corrected chi connectivity index (χ1v) is 43.0. The van der Waals surface area contributed by atoms with Crippen molar-refractivity contribution in [1.82, 2.24) is 34.9 Å². The van der Waals surface area contributed by atoms with Crippen LogP contribution in [-0.4, -0.2) is 34.9 Å². The Balaban J connectivity index is 0.000000108. The highest BCUT2D eigenvalue weighted by Gasteiger charge is 2.31. The van der Waals surface area contributed by atoms with Gasteiger partial charge in [-0.2, -0.15) is 0 Å². The molecule has 0 saturated carbocycles. The lowest BCUT2D eigenvalue weighted by Gasteiger charge is -2.12. The fourth-order valence-electron chi connectivity index (χ4n) is 19.9. The molecular weight excluding hydrogens is 1440 g/mol. The fraction of sp³-hybridized carbons (Fsp3) is 0.312. The first-order valence-electron chi connectivity index (χ1n) is 43.0. The lowest BCUT2D eigenvalue weighted by molar-refractivity contribution is 1.06. The van der Waals surface area contributed by atoms with Crippen molar-refractivity contribution < 1.29 is 0 Å². The van der Waals surface area contributed by atoms with Crippen molar-refractivity contribution in [3.8, 4) is 77.9 Å². The summed E-state index contributed by atoms with van der Waals surface area (Å²) in [5, 5.41) is 0. The predicted octanol–water partition coefficient (Wildman–Crippen LogP) is 27.2. The number of benzene rings is 7. The SMILES string of the molecule is Cc1cc(C)c2c(c1C)Cc1nccc(C)c1-2.Cc1cc2c(c(C)c1C)Cc1nccc(C)c1-2.Cc1ccc2c(c1C)Cc1ncc(C)c(C)c1-2.Cc1ccc2c(n1)Cc1c(C)c(C)cc(C)c1-2.Cc1ccc2c(n1)Cc1c-2cc(C)c(C)c1C.Cc1cnc2c(c1)-c1c(C)cc(C)c(C)c1C2.Cc1cnc2c(c1)-c1cc(C)c(C)c(C)c1C2. The van der Waals surface area contributed by atoms with Crippen molar-refractivity contribution in [2.24, 2.45) is 0 Å². The van der Waals surface area contributed by atoms with Gasteiger partial charge in [-0.3, -0.25) is 34.9 Å². The van der Waals surface area contributed by atoms with Crippen LogP contribution in [0.4, 0.5) is 0 Å². The minimum atomic E-state index is 0.998. The summed E-state index contributed by atoms with van der Waals surface area (Å²) in [6.45, 7) is 61.3. The molecule has 0 unspecified atom stereocenters. The van der Waals surface area contributed by atoms with Crippen LogP contribution < -0.4 is 0 Å². The first-order chi connectivity index (χ1) is 56.6. The van der Waals surface area contributed by atoms with Gasteiger partial charge in [0, 0.05) is 126 Å². The van der Waals surface area contributed by atoms with Gasteiger partial charge in [0.25, 0.3) is 0 Å². The number of rotatable bonds is 0. The van der Waals surface area contributed by atoms with Crippen LogP contribution >= 0.6 is 0 Å². The number of nitrogens with zero attached hydrogens (tertiary/aromatic N) is 7. The Hall–Kier alpha value is -11.4. The van der Waals surface area contributed by atoms with Gasteiger partial charge in [0.1, 0.15) is 0 Å². The van der Waals surface area contributed by atoms with E-state index in [0.29, 0.717) is 0 Å². The Labute approximate surface area is 709 Å². The summed E-state index contributed by atoms with van der Waals surface area (Å²) in [6.07, 6.45) is 16.8. The molecule has 7 aliphatic rings. The van der Waals surface area contributed by atoms with Gasteiger partial charge in [0.2, 0.25) is 0 Å². The van der Waals surface area contributed by atoms with Gasteiger partial charge in [-0.05, 0) is 453 Å². The van der Waals surface area contributed by atoms with Crippen LogP contribution in [0.5, 0.6) is 0 Å². The van der Waals surface area contributed by atoms with Crippen molar-refractivity contribution in [2.45, 2.75) is 239 Å². The van der Waals surface area contributed by atoms with Crippen LogP contribution in [0.25, 0.3) is 77.9 Å². The molecule has 119 heavy (non-hydrogen) atoms. The lowest BCUT2D eigenvalue weighted by Crippen LogP contribution is -1.94. The van der Waals surface area contributed by atoms with Crippen molar-refractivity contribution in [2.75, 3.05) is 0 Å². The number of aryl methyl sites for hydroxylation is 17. The number of pyridine rings is 7. The molecule has 0 fully saturated rings. The summed E-state index contributed by atoms with van der Waals surface area (Å²) < 4.78 is 0. The maximum Gasteiger partial charge on any atom is 0.0529 e. The topological polar surface area (TPSA) is 90.2 Å². The summed E-state index contributed by atoms with van der Waals surface area (Å²) in [7, 11) is 0. The third-order valence-corrected chi connectivity index (χ3v) is 28.2. The molecule has 0 aliphatic heterocycles. The van der Waals surface area contributed by atoms with Gasteiger partial charge >= 0.3 is 0 Å². The van der Waals surface area contributed by atoms with Gasteiger partial charge in [-0.1, -0.05) is 60.7 Å². The highest BCUT2D eigenvalue weighted by atomic mass is 14.7. The molecule has 602 valence electrons. The molecule has 7 aliphatic carbocycles. The highest BCUT2D eigenvalue weighted by Crippen LogP contribution is 2.48. The minimum Gasteiger partial charge on any atom is -0.260 e. The zero-order valence-corrected chi connectivity index (χ0v) is 76.2. The highest BCUT2D eigenvalue weighted by molar-refractivity contribution is 5.86. The maximum atomic E-state index is 4.68. The Morgan fingerprint density at radius 3 is 1.08 bits per heavy atom.